The van der Waals surface area contributed by atoms with Crippen LogP contribution in [0.1, 0.15) is 146 Å². The van der Waals surface area contributed by atoms with E-state index in [-0.39, 0.29) is 57.0 Å². The molecule has 0 unspecified atom stereocenters. The highest BCUT2D eigenvalue weighted by atomic mass is 16.6. The Kier molecular flexibility index (Phi) is 17.7. The minimum absolute atomic E-state index is 0.0594. The molecule has 18 heteroatoms. The fraction of sp³-hybridized carbons (Fsp3) is 0.464. The fourth-order valence-electron chi connectivity index (χ4n) is 9.59. The van der Waals surface area contributed by atoms with E-state index < -0.39 is 29.4 Å². The van der Waals surface area contributed by atoms with Crippen LogP contribution in [0.25, 0.3) is 33.3 Å². The van der Waals surface area contributed by atoms with E-state index >= 15 is 4.79 Å². The smallest absolute Gasteiger partial charge is 0.407 e. The zero-order chi connectivity index (χ0) is 53.4. The molecule has 0 spiro atoms. The lowest BCUT2D eigenvalue weighted by Gasteiger charge is -2.27. The number of hydrogen-bond donors (Lipinski definition) is 4. The van der Waals surface area contributed by atoms with E-state index in [4.69, 9.17) is 29.3 Å². The molecule has 2 atom stereocenters. The lowest BCUT2D eigenvalue weighted by molar-refractivity contribution is -0.130. The molecule has 4 aliphatic heterocycles. The Morgan fingerprint density at radius 2 is 1.55 bits per heavy atom. The number of nitrogens with zero attached hydrogens (tertiary/aromatic N) is 6. The quantitative estimate of drug-likeness (QED) is 0.0489. The number of aryl methyl sites for hydroxylation is 1. The first-order chi connectivity index (χ1) is 35.3. The van der Waals surface area contributed by atoms with Crippen LogP contribution in [-0.2, 0) is 30.2 Å². The number of pyridine rings is 1. The van der Waals surface area contributed by atoms with Crippen molar-refractivity contribution in [3.05, 3.63) is 111 Å². The van der Waals surface area contributed by atoms with E-state index in [1.54, 1.807) is 63.1 Å². The average molecular weight is 1010 g/mol. The van der Waals surface area contributed by atoms with Gasteiger partial charge in [-0.05, 0) is 125 Å². The molecular formula is C56H71N9O9. The lowest BCUT2D eigenvalue weighted by atomic mass is 9.84. The predicted octanol–water partition coefficient (Wildman–Crippen LogP) is 7.54. The van der Waals surface area contributed by atoms with Gasteiger partial charge >= 0.3 is 6.09 Å². The summed E-state index contributed by atoms with van der Waals surface area (Å²) in [6.07, 6.45) is 7.67. The second-order valence-electron chi connectivity index (χ2n) is 20.1. The number of aliphatic hydroxyl groups is 1. The van der Waals surface area contributed by atoms with Crippen LogP contribution < -0.4 is 5.32 Å². The Balaban J connectivity index is 1.34. The molecule has 4 N–H and O–H groups in total. The molecule has 8 bridgehead atoms. The summed E-state index contributed by atoms with van der Waals surface area (Å²) in [5, 5.41) is 11.7. The number of amides is 5. The first kappa shape index (κ1) is 54.7. The number of aromatic nitrogens is 5. The van der Waals surface area contributed by atoms with Crippen molar-refractivity contribution < 1.29 is 43.3 Å². The Bertz CT molecular complexity index is 2950. The number of aromatic amines is 2. The van der Waals surface area contributed by atoms with Gasteiger partial charge in [0.1, 0.15) is 5.60 Å². The molecular weight excluding hydrogens is 943 g/mol. The minimum atomic E-state index is -0.664. The first-order valence-electron chi connectivity index (χ1n) is 25.5. The van der Waals surface area contributed by atoms with Crippen LogP contribution in [-0.4, -0.2) is 153 Å². The van der Waals surface area contributed by atoms with Crippen LogP contribution in [0, 0.1) is 6.92 Å². The number of nitrogens with one attached hydrogen (secondary N) is 3. The maximum atomic E-state index is 15.3. The number of carbonyl (C=O) groups is 5. The summed E-state index contributed by atoms with van der Waals surface area (Å²) in [5.74, 6) is -1.89. The molecule has 7 heterocycles. The number of rotatable bonds is 20. The van der Waals surface area contributed by atoms with E-state index in [0.29, 0.717) is 102 Å². The Labute approximate surface area is 433 Å². The number of hydrogen-bond acceptors (Lipinski definition) is 12. The first-order valence-corrected chi connectivity index (χ1v) is 25.5. The van der Waals surface area contributed by atoms with Crippen molar-refractivity contribution in [3.63, 3.8) is 0 Å². The molecule has 0 radical (unpaired) electrons. The highest BCUT2D eigenvalue weighted by Crippen LogP contribution is 2.45. The number of allylic oxidation sites excluding steroid dienone is 5. The van der Waals surface area contributed by atoms with Crippen LogP contribution >= 0.6 is 0 Å². The van der Waals surface area contributed by atoms with Crippen LogP contribution in [0.4, 0.5) is 4.79 Å². The molecule has 0 aromatic carbocycles. The van der Waals surface area contributed by atoms with Gasteiger partial charge in [0.15, 0.2) is 0 Å². The number of aliphatic hydroxyl groups excluding tert-OH is 1. The van der Waals surface area contributed by atoms with E-state index in [2.05, 4.69) is 34.1 Å². The molecule has 0 fully saturated rings. The average Bonchev–Trinajstić information content (AvgIpc) is 4.04. The number of ether oxygens (including phenoxy) is 3. The van der Waals surface area contributed by atoms with Gasteiger partial charge in [-0.3, -0.25) is 29.1 Å². The number of carbonyl (C=O) groups excluding carboxylic acids is 5. The van der Waals surface area contributed by atoms with Crippen molar-refractivity contribution in [2.45, 2.75) is 98.5 Å². The van der Waals surface area contributed by atoms with E-state index in [9.17, 15) is 19.2 Å². The number of imide groups is 1. The zero-order valence-electron chi connectivity index (χ0n) is 44.4. The molecule has 0 saturated heterocycles. The third-order valence-corrected chi connectivity index (χ3v) is 13.9. The SMILES string of the molecule is CCC1=C(C)c2cc3nc(cc4[nH]c(c5c6[nH]c(cc1n2)c(C)c6C(=O)N(CCc1ccncc1)C5=O)[C@@H](CCC(=O)N(C)CCNC(=O)OC(C)(C)C)[C@@H]4C)C(C)=C3/C=C/C(=O)N(C)CCOCCOCCO. The summed E-state index contributed by atoms with van der Waals surface area (Å²) in [4.78, 5) is 96.0. The normalized spacial score (nSPS) is 16.1. The summed E-state index contributed by atoms with van der Waals surface area (Å²) in [7, 11) is 3.40. The summed E-state index contributed by atoms with van der Waals surface area (Å²) >= 11 is 0. The van der Waals surface area contributed by atoms with Gasteiger partial charge in [-0.1, -0.05) is 13.8 Å². The van der Waals surface area contributed by atoms with Gasteiger partial charge in [-0.25, -0.2) is 14.8 Å². The third kappa shape index (κ3) is 12.5. The van der Waals surface area contributed by atoms with Gasteiger partial charge in [0.25, 0.3) is 11.8 Å². The fourth-order valence-corrected chi connectivity index (χ4v) is 9.59. The van der Waals surface area contributed by atoms with Gasteiger partial charge in [0.05, 0.1) is 72.5 Å². The highest BCUT2D eigenvalue weighted by molar-refractivity contribution is 6.23. The monoisotopic (exact) mass is 1010 g/mol. The van der Waals surface area contributed by atoms with E-state index in [1.807, 2.05) is 51.1 Å². The van der Waals surface area contributed by atoms with Crippen molar-refractivity contribution in [2.24, 2.45) is 0 Å². The molecule has 394 valence electrons. The zero-order valence-corrected chi connectivity index (χ0v) is 44.4. The van der Waals surface area contributed by atoms with Crippen molar-refractivity contribution in [1.82, 2.24) is 44.9 Å². The van der Waals surface area contributed by atoms with E-state index in [0.717, 1.165) is 33.5 Å². The molecule has 0 saturated carbocycles. The van der Waals surface area contributed by atoms with Crippen molar-refractivity contribution in [2.75, 3.05) is 73.3 Å². The van der Waals surface area contributed by atoms with Gasteiger partial charge in [-0.15, -0.1) is 0 Å². The second kappa shape index (κ2) is 23.9. The number of alkyl carbamates (subject to hydrolysis) is 1. The third-order valence-electron chi connectivity index (χ3n) is 13.9. The number of fused-ring (bicyclic) bond motifs is 8. The van der Waals surface area contributed by atoms with E-state index in [1.165, 1.54) is 11.0 Å². The summed E-state index contributed by atoms with van der Waals surface area (Å²) < 4.78 is 16.3. The topological polar surface area (TPSA) is 225 Å². The summed E-state index contributed by atoms with van der Waals surface area (Å²) in [6.45, 7) is 17.5. The van der Waals surface area contributed by atoms with Crippen molar-refractivity contribution in [1.29, 1.82) is 0 Å². The van der Waals surface area contributed by atoms with Gasteiger partial charge in [0.2, 0.25) is 11.8 Å². The van der Waals surface area contributed by atoms with Crippen molar-refractivity contribution >= 4 is 63.0 Å². The Morgan fingerprint density at radius 1 is 0.865 bits per heavy atom. The number of likely N-dealkylation sites (N-methyl/N-ethyl adjacent to an activating group) is 2. The standard InChI is InChI=1S/C56H71N9O9/c1-11-38-33(2)42-31-46-39(12-14-48(68)64(10)24-26-72-28-29-73-27-25-66)34(3)41(60-46)30-43-35(4)40(13-15-47(67)63(9)23-21-58-55(71)74-56(6,7)8)51(61-43)50-52-49(36(5)44(62-52)32-45(38)59-42)53(69)65(54(50)70)22-18-37-16-19-57-20-17-37/h12,14,16-17,19-20,30-32,35,40,61-62,66H,11,13,15,18,21-29H2,1-10H3,(H,58,71)/b14-12+,43-30?,45-32?,46-31?,51-50?/t35-,40-/m0/s1. The summed E-state index contributed by atoms with van der Waals surface area (Å²) in [6, 6.07) is 9.60. The molecule has 74 heavy (non-hydrogen) atoms. The Morgan fingerprint density at radius 3 is 2.26 bits per heavy atom. The molecule has 3 aromatic rings. The molecule has 3 aromatic heterocycles. The maximum absolute atomic E-state index is 15.3. The summed E-state index contributed by atoms with van der Waals surface area (Å²) in [5.41, 5.74) is 10.3. The molecule has 4 aliphatic rings. The molecule has 5 amide bonds. The maximum Gasteiger partial charge on any atom is 0.407 e. The molecule has 18 nitrogen and oxygen atoms in total. The van der Waals surface area contributed by atoms with Crippen LogP contribution in [0.15, 0.2) is 54.9 Å². The van der Waals surface area contributed by atoms with Crippen LogP contribution in [0.2, 0.25) is 0 Å². The van der Waals surface area contributed by atoms with Gasteiger partial charge in [0, 0.05) is 99.5 Å². The Hall–Kier alpha value is -7.02. The van der Waals surface area contributed by atoms with Crippen LogP contribution in [0.3, 0.4) is 0 Å². The van der Waals surface area contributed by atoms with Gasteiger partial charge < -0.3 is 44.4 Å². The largest absolute Gasteiger partial charge is 0.444 e. The molecule has 0 aliphatic carbocycles. The highest BCUT2D eigenvalue weighted by Gasteiger charge is 2.40. The van der Waals surface area contributed by atoms with Crippen molar-refractivity contribution in [3.8, 4) is 0 Å². The minimum Gasteiger partial charge on any atom is -0.444 e. The second-order valence-corrected chi connectivity index (χ2v) is 20.1. The van der Waals surface area contributed by atoms with Gasteiger partial charge in [-0.2, -0.15) is 0 Å². The number of H-pyrrole nitrogens is 2. The lowest BCUT2D eigenvalue weighted by Crippen LogP contribution is -2.42. The molecule has 7 rings (SSSR count). The van der Waals surface area contributed by atoms with Crippen LogP contribution in [0.5, 0.6) is 0 Å². The predicted molar refractivity (Wildman–Crippen MR) is 283 cm³/mol.